The third kappa shape index (κ3) is 2.28. The Morgan fingerprint density at radius 2 is 2.25 bits per heavy atom. The molecule has 0 aromatic heterocycles. The molecule has 16 heavy (non-hydrogen) atoms. The highest BCUT2D eigenvalue weighted by Crippen LogP contribution is 2.20. The molecular formula is C11H14ClN3O. The smallest absolute Gasteiger partial charge is 0.253 e. The number of amides is 1. The Kier molecular flexibility index (Phi) is 3.31. The summed E-state index contributed by atoms with van der Waals surface area (Å²) in [7, 11) is 1.78. The first kappa shape index (κ1) is 11.2. The third-order valence-corrected chi connectivity index (χ3v) is 2.85. The van der Waals surface area contributed by atoms with Crippen LogP contribution in [0.5, 0.6) is 0 Å². The van der Waals surface area contributed by atoms with E-state index in [1.807, 2.05) is 0 Å². The van der Waals surface area contributed by atoms with Gasteiger partial charge in [0.15, 0.2) is 0 Å². The number of hydrogen-bond acceptors (Lipinski definition) is 3. The average Bonchev–Trinajstić information content (AvgIpc) is 2.23. The molecule has 86 valence electrons. The highest BCUT2D eigenvalue weighted by molar-refractivity contribution is 6.31. The van der Waals surface area contributed by atoms with Crippen molar-refractivity contribution in [3.05, 3.63) is 28.8 Å². The molecular weight excluding hydrogens is 226 g/mol. The molecule has 1 aromatic carbocycles. The maximum Gasteiger partial charge on any atom is 0.253 e. The molecule has 0 unspecified atom stereocenters. The van der Waals surface area contributed by atoms with Gasteiger partial charge >= 0.3 is 0 Å². The third-order valence-electron chi connectivity index (χ3n) is 2.61. The Morgan fingerprint density at radius 3 is 2.81 bits per heavy atom. The van der Waals surface area contributed by atoms with Crippen molar-refractivity contribution in [2.75, 3.05) is 25.5 Å². The van der Waals surface area contributed by atoms with Gasteiger partial charge in [-0.1, -0.05) is 11.6 Å². The van der Waals surface area contributed by atoms with Crippen LogP contribution in [0.3, 0.4) is 0 Å². The predicted molar refractivity (Wildman–Crippen MR) is 65.1 cm³/mol. The van der Waals surface area contributed by atoms with E-state index in [4.69, 9.17) is 11.6 Å². The number of rotatable bonds is 3. The summed E-state index contributed by atoms with van der Waals surface area (Å²) in [4.78, 5) is 11.9. The summed E-state index contributed by atoms with van der Waals surface area (Å²) in [6.07, 6.45) is 0. The van der Waals surface area contributed by atoms with E-state index in [1.54, 1.807) is 25.2 Å². The van der Waals surface area contributed by atoms with Crippen molar-refractivity contribution in [2.24, 2.45) is 0 Å². The molecule has 0 saturated carbocycles. The van der Waals surface area contributed by atoms with E-state index in [0.29, 0.717) is 10.6 Å². The van der Waals surface area contributed by atoms with Crippen molar-refractivity contribution < 1.29 is 4.79 Å². The van der Waals surface area contributed by atoms with Crippen LogP contribution in [-0.2, 0) is 0 Å². The molecule has 0 radical (unpaired) electrons. The van der Waals surface area contributed by atoms with Gasteiger partial charge in [-0.15, -0.1) is 0 Å². The van der Waals surface area contributed by atoms with E-state index in [1.165, 1.54) is 0 Å². The van der Waals surface area contributed by atoms with E-state index in [0.717, 1.165) is 18.8 Å². The summed E-state index contributed by atoms with van der Waals surface area (Å²) in [5.41, 5.74) is 1.37. The first-order chi connectivity index (χ1) is 7.70. The van der Waals surface area contributed by atoms with Gasteiger partial charge in [-0.2, -0.15) is 0 Å². The van der Waals surface area contributed by atoms with E-state index in [2.05, 4.69) is 16.0 Å². The number of halogens is 1. The van der Waals surface area contributed by atoms with Crippen LogP contribution in [-0.4, -0.2) is 32.1 Å². The zero-order valence-corrected chi connectivity index (χ0v) is 9.77. The highest BCUT2D eigenvalue weighted by atomic mass is 35.5. The molecule has 0 atom stereocenters. The van der Waals surface area contributed by atoms with Gasteiger partial charge in [0.1, 0.15) is 0 Å². The minimum Gasteiger partial charge on any atom is -0.387 e. The molecule has 1 aromatic rings. The van der Waals surface area contributed by atoms with Crippen molar-refractivity contribution in [2.45, 2.75) is 6.04 Å². The Bertz CT molecular complexity index is 404. The van der Waals surface area contributed by atoms with E-state index >= 15 is 0 Å². The van der Waals surface area contributed by atoms with Crippen LogP contribution in [0.15, 0.2) is 18.2 Å². The van der Waals surface area contributed by atoms with Crippen molar-refractivity contribution >= 4 is 23.2 Å². The van der Waals surface area contributed by atoms with E-state index in [9.17, 15) is 4.79 Å². The van der Waals surface area contributed by atoms with Crippen LogP contribution in [0.2, 0.25) is 5.02 Å². The molecule has 0 spiro atoms. The maximum atomic E-state index is 11.9. The van der Waals surface area contributed by atoms with E-state index < -0.39 is 0 Å². The van der Waals surface area contributed by atoms with Gasteiger partial charge < -0.3 is 16.0 Å². The summed E-state index contributed by atoms with van der Waals surface area (Å²) in [6, 6.07) is 5.47. The highest BCUT2D eigenvalue weighted by Gasteiger charge is 2.20. The molecule has 5 heteroatoms. The number of hydrogen-bond donors (Lipinski definition) is 3. The largest absolute Gasteiger partial charge is 0.387 e. The normalized spacial score (nSPS) is 15.4. The Morgan fingerprint density at radius 1 is 1.50 bits per heavy atom. The zero-order valence-electron chi connectivity index (χ0n) is 9.01. The number of carbonyl (C=O) groups excluding carboxylic acids is 1. The van der Waals surface area contributed by atoms with Crippen molar-refractivity contribution in [3.8, 4) is 0 Å². The summed E-state index contributed by atoms with van der Waals surface area (Å²) in [5, 5.41) is 9.58. The summed E-state index contributed by atoms with van der Waals surface area (Å²) in [5.74, 6) is -0.0849. The molecule has 1 fully saturated rings. The Balaban J connectivity index is 2.16. The molecule has 1 saturated heterocycles. The first-order valence-electron chi connectivity index (χ1n) is 5.19. The standard InChI is InChI=1S/C11H14ClN3O/c1-13-10-3-2-7(12)4-9(10)11(16)15-8-5-14-6-8/h2-4,8,13-14H,5-6H2,1H3,(H,15,16). The fraction of sp³-hybridized carbons (Fsp3) is 0.364. The maximum absolute atomic E-state index is 11.9. The number of nitrogens with one attached hydrogen (secondary N) is 3. The van der Waals surface area contributed by atoms with Crippen LogP contribution in [0, 0.1) is 0 Å². The summed E-state index contributed by atoms with van der Waals surface area (Å²) in [6.45, 7) is 1.67. The number of anilines is 1. The molecule has 1 aliphatic rings. The molecule has 2 rings (SSSR count). The van der Waals surface area contributed by atoms with Crippen LogP contribution in [0.25, 0.3) is 0 Å². The summed E-state index contributed by atoms with van der Waals surface area (Å²) >= 11 is 5.88. The van der Waals surface area contributed by atoms with Gasteiger partial charge in [-0.05, 0) is 18.2 Å². The first-order valence-corrected chi connectivity index (χ1v) is 5.57. The van der Waals surface area contributed by atoms with Crippen LogP contribution in [0.4, 0.5) is 5.69 Å². The lowest BCUT2D eigenvalue weighted by molar-refractivity contribution is 0.0925. The molecule has 0 bridgehead atoms. The average molecular weight is 240 g/mol. The van der Waals surface area contributed by atoms with Gasteiger partial charge in [0.2, 0.25) is 0 Å². The lowest BCUT2D eigenvalue weighted by atomic mass is 10.1. The quantitative estimate of drug-likeness (QED) is 0.740. The van der Waals surface area contributed by atoms with Gasteiger partial charge in [0.25, 0.3) is 5.91 Å². The monoisotopic (exact) mass is 239 g/mol. The number of benzene rings is 1. The molecule has 3 N–H and O–H groups in total. The SMILES string of the molecule is CNc1ccc(Cl)cc1C(=O)NC1CNC1. The van der Waals surface area contributed by atoms with E-state index in [-0.39, 0.29) is 11.9 Å². The molecule has 1 aliphatic heterocycles. The number of carbonyl (C=O) groups is 1. The van der Waals surface area contributed by atoms with Crippen molar-refractivity contribution in [1.29, 1.82) is 0 Å². The minimum atomic E-state index is -0.0849. The van der Waals surface area contributed by atoms with Crippen molar-refractivity contribution in [3.63, 3.8) is 0 Å². The summed E-state index contributed by atoms with van der Waals surface area (Å²) < 4.78 is 0. The fourth-order valence-corrected chi connectivity index (χ4v) is 1.75. The molecule has 1 amide bonds. The van der Waals surface area contributed by atoms with Crippen molar-refractivity contribution in [1.82, 2.24) is 10.6 Å². The van der Waals surface area contributed by atoms with Gasteiger partial charge in [0, 0.05) is 30.8 Å². The van der Waals surface area contributed by atoms with Gasteiger partial charge in [-0.3, -0.25) is 4.79 Å². The Labute approximate surface area is 99.4 Å². The Hall–Kier alpha value is -1.26. The second-order valence-electron chi connectivity index (χ2n) is 3.77. The molecule has 0 aliphatic carbocycles. The van der Waals surface area contributed by atoms with Crippen LogP contribution >= 0.6 is 11.6 Å². The minimum absolute atomic E-state index is 0.0849. The lowest BCUT2D eigenvalue weighted by Crippen LogP contribution is -2.56. The molecule has 1 heterocycles. The van der Waals surface area contributed by atoms with Gasteiger partial charge in [0.05, 0.1) is 11.6 Å². The predicted octanol–water partition coefficient (Wildman–Crippen LogP) is 1.08. The second-order valence-corrected chi connectivity index (χ2v) is 4.20. The van der Waals surface area contributed by atoms with Crippen LogP contribution < -0.4 is 16.0 Å². The second kappa shape index (κ2) is 4.72. The lowest BCUT2D eigenvalue weighted by Gasteiger charge is -2.28. The molecule has 4 nitrogen and oxygen atoms in total. The zero-order chi connectivity index (χ0) is 11.5. The van der Waals surface area contributed by atoms with Crippen LogP contribution in [0.1, 0.15) is 10.4 Å². The topological polar surface area (TPSA) is 53.2 Å². The van der Waals surface area contributed by atoms with Gasteiger partial charge in [-0.25, -0.2) is 0 Å². The fourth-order valence-electron chi connectivity index (χ4n) is 1.58.